The van der Waals surface area contributed by atoms with Gasteiger partial charge in [-0.3, -0.25) is 0 Å². The Bertz CT molecular complexity index is 7900. The van der Waals surface area contributed by atoms with Gasteiger partial charge in [-0.2, -0.15) is 0 Å². The van der Waals surface area contributed by atoms with E-state index < -0.39 is 0 Å². The van der Waals surface area contributed by atoms with Gasteiger partial charge in [0.25, 0.3) is 0 Å². The zero-order valence-corrected chi connectivity index (χ0v) is 73.9. The Morgan fingerprint density at radius 3 is 0.913 bits per heavy atom. The first kappa shape index (κ1) is 82.6. The zero-order chi connectivity index (χ0) is 86.0. The standard InChI is InChI=1S/3C18H14.3C16H14.2C12H12/c1-2-12-11-15-7-3-5-13-9-10-14-6-4-8-16(12)18(14)17(13)15;1-2-12-10-15-8-6-13-4-3-5-14-7-9-16(11-12)18(15)17(13)14;1-2-12-6-7-15-9-8-13-4-3-5-14-10-11-16(12)18(15)17(13)14;1-2-14-15-9-5-3-7-12(15)11-13-8-4-6-10-16(13)14;1-2-12-8-5-9-15-10-13-6-3-4-7-14(13)11-16(12)15;1-2-12-7-8-15-10-13-5-3-4-6-14(13)11-16(15)9-12;1-2-10-7-5-8-11-6-3-4-9-12(10)11;1-2-10-7-8-11-5-3-4-6-12(11)9-10/h3*3-11H,2H2,1H3;3*3-11H,2H2,1H3;2*3-9H,2H2,1H3. The topological polar surface area (TPSA) is 0 Å². The summed E-state index contributed by atoms with van der Waals surface area (Å²) in [5, 5.41) is 46.5. The summed E-state index contributed by atoms with van der Waals surface area (Å²) >= 11 is 0. The van der Waals surface area contributed by atoms with Crippen LogP contribution in [0.5, 0.6) is 0 Å². The van der Waals surface area contributed by atoms with Gasteiger partial charge in [-0.05, 0) is 309 Å². The minimum Gasteiger partial charge on any atom is -0.0616 e. The van der Waals surface area contributed by atoms with Crippen LogP contribution in [0.2, 0.25) is 0 Å². The molecule has 0 fully saturated rings. The van der Waals surface area contributed by atoms with Crippen LogP contribution < -0.4 is 0 Å². The van der Waals surface area contributed by atoms with Crippen LogP contribution in [-0.2, 0) is 51.4 Å². The third-order valence-electron chi connectivity index (χ3n) is 26.0. The summed E-state index contributed by atoms with van der Waals surface area (Å²) < 4.78 is 0. The summed E-state index contributed by atoms with van der Waals surface area (Å²) in [6.45, 7) is 17.7. The summed E-state index contributed by atoms with van der Waals surface area (Å²) in [7, 11) is 0. The predicted octanol–water partition coefficient (Wildman–Crippen LogP) is 35.9. The Kier molecular flexibility index (Phi) is 24.8. The maximum atomic E-state index is 2.35. The molecule has 0 nitrogen and oxygen atoms in total. The Hall–Kier alpha value is -14.3. The zero-order valence-electron chi connectivity index (χ0n) is 73.9. The molecule has 0 aliphatic heterocycles. The van der Waals surface area contributed by atoms with Gasteiger partial charge in [-0.15, -0.1) is 0 Å². The largest absolute Gasteiger partial charge is 0.0616 e. The van der Waals surface area contributed by atoms with Crippen LogP contribution in [0, 0.1) is 0 Å². The molecular formula is C126H108. The lowest BCUT2D eigenvalue weighted by Gasteiger charge is -2.13. The van der Waals surface area contributed by atoms with Crippen molar-refractivity contribution in [1.82, 2.24) is 0 Å². The molecule has 0 heteroatoms. The number of rotatable bonds is 8. The van der Waals surface area contributed by atoms with Gasteiger partial charge in [0.2, 0.25) is 0 Å². The minimum atomic E-state index is 1.09. The summed E-state index contributed by atoms with van der Waals surface area (Å²) in [6, 6.07) is 150. The Balaban J connectivity index is 0.0000000980. The molecule has 0 bridgehead atoms. The van der Waals surface area contributed by atoms with E-state index in [2.05, 4.69) is 468 Å². The predicted molar refractivity (Wildman–Crippen MR) is 558 cm³/mol. The van der Waals surface area contributed by atoms with Crippen molar-refractivity contribution in [3.63, 3.8) is 0 Å². The molecule has 126 heavy (non-hydrogen) atoms. The molecule has 0 aliphatic rings. The third-order valence-corrected chi connectivity index (χ3v) is 26.0. The molecule has 0 radical (unpaired) electrons. The molecule has 0 heterocycles. The average Bonchev–Trinajstić information content (AvgIpc) is 0.747. The quantitative estimate of drug-likeness (QED) is 0.105. The van der Waals surface area contributed by atoms with Crippen LogP contribution in [0.25, 0.3) is 183 Å². The van der Waals surface area contributed by atoms with Crippen LogP contribution in [0.1, 0.15) is 99.9 Å². The van der Waals surface area contributed by atoms with Crippen LogP contribution in [-0.4, -0.2) is 0 Å². The van der Waals surface area contributed by atoms with E-state index in [1.807, 2.05) is 0 Å². The van der Waals surface area contributed by atoms with Crippen molar-refractivity contribution >= 4 is 183 Å². The van der Waals surface area contributed by atoms with E-state index in [0.717, 1.165) is 51.4 Å². The monoisotopic (exact) mass is 1620 g/mol. The highest BCUT2D eigenvalue weighted by Gasteiger charge is 2.15. The van der Waals surface area contributed by atoms with E-state index in [0.29, 0.717) is 0 Å². The van der Waals surface area contributed by atoms with Crippen molar-refractivity contribution in [2.45, 2.75) is 107 Å². The maximum Gasteiger partial charge on any atom is -0.00240 e. The van der Waals surface area contributed by atoms with E-state index in [1.165, 1.54) is 228 Å². The highest BCUT2D eigenvalue weighted by molar-refractivity contribution is 6.26. The number of hydrogen-bond acceptors (Lipinski definition) is 0. The highest BCUT2D eigenvalue weighted by Crippen LogP contribution is 2.41. The van der Waals surface area contributed by atoms with E-state index in [9.17, 15) is 0 Å². The van der Waals surface area contributed by atoms with Gasteiger partial charge in [-0.25, -0.2) is 0 Å². The third kappa shape index (κ3) is 17.1. The second kappa shape index (κ2) is 37.8. The number of fused-ring (bicyclic) bond motifs is 8. The summed E-state index contributed by atoms with van der Waals surface area (Å²) in [5.74, 6) is 0. The van der Waals surface area contributed by atoms with E-state index in [-0.39, 0.29) is 0 Å². The van der Waals surface area contributed by atoms with E-state index in [4.69, 9.17) is 0 Å². The van der Waals surface area contributed by atoms with E-state index >= 15 is 0 Å². The van der Waals surface area contributed by atoms with Gasteiger partial charge in [0.05, 0.1) is 0 Å². The highest BCUT2D eigenvalue weighted by atomic mass is 14.2. The van der Waals surface area contributed by atoms with Gasteiger partial charge >= 0.3 is 0 Å². The first-order valence-electron chi connectivity index (χ1n) is 45.7. The Morgan fingerprint density at radius 1 is 0.119 bits per heavy atom. The molecule has 0 saturated heterocycles. The first-order valence-corrected chi connectivity index (χ1v) is 45.7. The molecular weight excluding hydrogens is 1510 g/mol. The number of benzene rings is 25. The molecule has 0 N–H and O–H groups in total. The number of hydrogen-bond donors (Lipinski definition) is 0. The maximum absolute atomic E-state index is 2.35. The van der Waals surface area contributed by atoms with Crippen molar-refractivity contribution in [2.24, 2.45) is 0 Å². The summed E-state index contributed by atoms with van der Waals surface area (Å²) in [4.78, 5) is 0. The lowest BCUT2D eigenvalue weighted by Crippen LogP contribution is -1.88. The second-order valence-electron chi connectivity index (χ2n) is 33.5. The van der Waals surface area contributed by atoms with Crippen molar-refractivity contribution < 1.29 is 0 Å². The van der Waals surface area contributed by atoms with Crippen molar-refractivity contribution in [3.8, 4) is 0 Å². The SMILES string of the molecule is CCc1c2ccccc2cc2ccccc12.CCc1cc2ccc3cccc4ccc(c1)c2c34.CCc1cc2cccc3ccc4cccc1c4c32.CCc1ccc2cc3ccccc3cc2c1.CCc1ccc2ccc3cccc4ccc1c2c34.CCc1ccc2ccccc2c1.CCc1cccc2cc3ccccc3cc12.CCc1cccc2ccccc12. The molecule has 25 aromatic carbocycles. The molecule has 612 valence electrons. The van der Waals surface area contributed by atoms with Gasteiger partial charge in [-0.1, -0.05) is 438 Å². The van der Waals surface area contributed by atoms with Crippen molar-refractivity contribution in [2.75, 3.05) is 0 Å². The van der Waals surface area contributed by atoms with Gasteiger partial charge in [0.15, 0.2) is 0 Å². The number of aryl methyl sites for hydroxylation is 8. The molecule has 0 aliphatic carbocycles. The molecule has 0 unspecified atom stereocenters. The lowest BCUT2D eigenvalue weighted by molar-refractivity contribution is 1.15. The molecule has 25 aromatic rings. The van der Waals surface area contributed by atoms with Gasteiger partial charge in [0, 0.05) is 0 Å². The molecule has 0 amide bonds. The smallest absolute Gasteiger partial charge is 0.00240 e. The average molecular weight is 1620 g/mol. The minimum absolute atomic E-state index is 1.09. The molecule has 0 aromatic heterocycles. The van der Waals surface area contributed by atoms with E-state index in [1.54, 1.807) is 0 Å². The van der Waals surface area contributed by atoms with Gasteiger partial charge in [0.1, 0.15) is 0 Å². The fraction of sp³-hybridized carbons (Fsp3) is 0.127. The lowest BCUT2D eigenvalue weighted by atomic mass is 9.91. The first-order chi connectivity index (χ1) is 62.1. The molecule has 0 saturated carbocycles. The van der Waals surface area contributed by atoms with Crippen LogP contribution in [0.15, 0.2) is 413 Å². The molecule has 0 spiro atoms. The van der Waals surface area contributed by atoms with Crippen LogP contribution >= 0.6 is 0 Å². The van der Waals surface area contributed by atoms with Gasteiger partial charge < -0.3 is 0 Å². The normalized spacial score (nSPS) is 11.3. The summed E-state index contributed by atoms with van der Waals surface area (Å²) in [6.07, 6.45) is 8.78. The fourth-order valence-corrected chi connectivity index (χ4v) is 19.4. The van der Waals surface area contributed by atoms with Crippen molar-refractivity contribution in [1.29, 1.82) is 0 Å². The summed E-state index contributed by atoms with van der Waals surface area (Å²) in [5.41, 5.74) is 11.5. The van der Waals surface area contributed by atoms with Crippen LogP contribution in [0.3, 0.4) is 0 Å². The molecule has 25 rings (SSSR count). The molecule has 0 atom stereocenters. The Labute approximate surface area is 741 Å². The van der Waals surface area contributed by atoms with Crippen molar-refractivity contribution in [3.05, 3.63) is 457 Å². The Morgan fingerprint density at radius 2 is 0.389 bits per heavy atom. The fourth-order valence-electron chi connectivity index (χ4n) is 19.4. The van der Waals surface area contributed by atoms with Crippen LogP contribution in [0.4, 0.5) is 0 Å². The second-order valence-corrected chi connectivity index (χ2v) is 33.5.